The third kappa shape index (κ3) is 5.04. The van der Waals surface area contributed by atoms with Crippen LogP contribution in [-0.4, -0.2) is 63.2 Å². The predicted octanol–water partition coefficient (Wildman–Crippen LogP) is 6.09. The third-order valence-electron chi connectivity index (χ3n) is 8.42. The van der Waals surface area contributed by atoms with Gasteiger partial charge in [-0.1, -0.05) is 6.42 Å². The number of aromatic amines is 2. The van der Waals surface area contributed by atoms with Crippen molar-refractivity contribution in [2.24, 2.45) is 0 Å². The van der Waals surface area contributed by atoms with Gasteiger partial charge in [0.05, 0.1) is 22.1 Å². The van der Waals surface area contributed by atoms with Crippen LogP contribution in [-0.2, 0) is 0 Å². The number of hydrogen-bond donors (Lipinski definition) is 3. The standard InChI is InChI=1S/C31H31F2N7O/c32-19-4-7-23(25(33)16-19)31(41)34-20-5-8-24-27(17-20)37-38-29(24)30-35-26-9-6-22(18-28(26)36-30)40-14-10-21(11-15-40)39-12-2-1-3-13-39/h4-9,16-18,21H,1-3,10-15H2,(H,34,41)(H,35,36)(H,37,38). The Morgan fingerprint density at radius 3 is 2.54 bits per heavy atom. The maximum atomic E-state index is 14.0. The summed E-state index contributed by atoms with van der Waals surface area (Å²) in [5.41, 5.74) is 4.61. The summed E-state index contributed by atoms with van der Waals surface area (Å²) in [4.78, 5) is 25.9. The van der Waals surface area contributed by atoms with Crippen molar-refractivity contribution in [2.45, 2.75) is 38.1 Å². The Labute approximate surface area is 235 Å². The van der Waals surface area contributed by atoms with Crippen molar-refractivity contribution in [2.75, 3.05) is 36.4 Å². The van der Waals surface area contributed by atoms with E-state index in [2.05, 4.69) is 48.5 Å². The first-order chi connectivity index (χ1) is 20.0. The van der Waals surface area contributed by atoms with Gasteiger partial charge in [0.1, 0.15) is 17.3 Å². The Morgan fingerprint density at radius 2 is 1.73 bits per heavy atom. The molecule has 3 aromatic carbocycles. The number of aromatic nitrogens is 4. The topological polar surface area (TPSA) is 92.9 Å². The molecule has 2 aliphatic rings. The molecule has 2 fully saturated rings. The molecule has 2 aromatic heterocycles. The fraction of sp³-hybridized carbons (Fsp3) is 0.323. The number of rotatable bonds is 5. The number of nitrogens with one attached hydrogen (secondary N) is 3. The Kier molecular flexibility index (Phi) is 6.62. The molecule has 210 valence electrons. The molecule has 4 heterocycles. The van der Waals surface area contributed by atoms with E-state index < -0.39 is 17.5 Å². The van der Waals surface area contributed by atoms with Crippen molar-refractivity contribution in [3.63, 3.8) is 0 Å². The van der Waals surface area contributed by atoms with E-state index in [1.807, 2.05) is 6.07 Å². The number of amides is 1. The number of halogens is 2. The molecule has 5 aromatic rings. The first-order valence-electron chi connectivity index (χ1n) is 14.3. The Balaban J connectivity index is 1.07. The van der Waals surface area contributed by atoms with Gasteiger partial charge in [0.25, 0.3) is 5.91 Å². The SMILES string of the molecule is O=C(Nc1ccc2c(-c3nc4ccc(N5CCC(N6CCCCC6)CC5)cc4[nH]3)n[nH]c2c1)c1ccc(F)cc1F. The van der Waals surface area contributed by atoms with E-state index in [4.69, 9.17) is 4.98 Å². The van der Waals surface area contributed by atoms with E-state index in [-0.39, 0.29) is 5.56 Å². The zero-order valence-corrected chi connectivity index (χ0v) is 22.6. The summed E-state index contributed by atoms with van der Waals surface area (Å²) in [7, 11) is 0. The molecule has 7 rings (SSSR count). The summed E-state index contributed by atoms with van der Waals surface area (Å²) in [6.07, 6.45) is 6.44. The second-order valence-corrected chi connectivity index (χ2v) is 11.0. The number of anilines is 2. The molecule has 0 saturated carbocycles. The summed E-state index contributed by atoms with van der Waals surface area (Å²) < 4.78 is 27.2. The van der Waals surface area contributed by atoms with Crippen LogP contribution in [0.15, 0.2) is 54.6 Å². The van der Waals surface area contributed by atoms with Crippen molar-refractivity contribution in [3.8, 4) is 11.5 Å². The van der Waals surface area contributed by atoms with Crippen LogP contribution in [0.25, 0.3) is 33.5 Å². The second-order valence-electron chi connectivity index (χ2n) is 11.0. The summed E-state index contributed by atoms with van der Waals surface area (Å²) in [5.74, 6) is -1.66. The molecule has 3 N–H and O–H groups in total. The minimum atomic E-state index is -0.914. The van der Waals surface area contributed by atoms with Crippen LogP contribution in [0.5, 0.6) is 0 Å². The Bertz CT molecular complexity index is 1730. The van der Waals surface area contributed by atoms with E-state index >= 15 is 0 Å². The van der Waals surface area contributed by atoms with Gasteiger partial charge in [0.2, 0.25) is 0 Å². The zero-order valence-electron chi connectivity index (χ0n) is 22.6. The van der Waals surface area contributed by atoms with Gasteiger partial charge in [-0.15, -0.1) is 0 Å². The average Bonchev–Trinajstić information content (AvgIpc) is 3.61. The van der Waals surface area contributed by atoms with Gasteiger partial charge < -0.3 is 20.1 Å². The fourth-order valence-corrected chi connectivity index (χ4v) is 6.23. The van der Waals surface area contributed by atoms with Crippen molar-refractivity contribution < 1.29 is 13.6 Å². The molecule has 0 radical (unpaired) electrons. The van der Waals surface area contributed by atoms with Gasteiger partial charge >= 0.3 is 0 Å². The summed E-state index contributed by atoms with van der Waals surface area (Å²) >= 11 is 0. The molecule has 0 unspecified atom stereocenters. The van der Waals surface area contributed by atoms with E-state index in [0.717, 1.165) is 41.6 Å². The lowest BCUT2D eigenvalue weighted by molar-refractivity contribution is 0.102. The summed E-state index contributed by atoms with van der Waals surface area (Å²) in [6.45, 7) is 4.62. The molecule has 10 heteroatoms. The van der Waals surface area contributed by atoms with Gasteiger partial charge in [0.15, 0.2) is 5.82 Å². The number of likely N-dealkylation sites (tertiary alicyclic amines) is 1. The predicted molar refractivity (Wildman–Crippen MR) is 156 cm³/mol. The van der Waals surface area contributed by atoms with Gasteiger partial charge in [-0.25, -0.2) is 13.8 Å². The number of nitrogens with zero attached hydrogens (tertiary/aromatic N) is 4. The first-order valence-corrected chi connectivity index (χ1v) is 14.3. The molecule has 1 amide bonds. The van der Waals surface area contributed by atoms with Crippen molar-refractivity contribution in [1.82, 2.24) is 25.1 Å². The minimum absolute atomic E-state index is 0.232. The smallest absolute Gasteiger partial charge is 0.258 e. The third-order valence-corrected chi connectivity index (χ3v) is 8.42. The largest absolute Gasteiger partial charge is 0.371 e. The number of piperidine rings is 2. The van der Waals surface area contributed by atoms with Crippen LogP contribution in [0.2, 0.25) is 0 Å². The van der Waals surface area contributed by atoms with Gasteiger partial charge in [-0.2, -0.15) is 5.10 Å². The van der Waals surface area contributed by atoms with E-state index in [9.17, 15) is 13.6 Å². The summed E-state index contributed by atoms with van der Waals surface area (Å²) in [6, 6.07) is 15.2. The van der Waals surface area contributed by atoms with Crippen molar-refractivity contribution in [3.05, 3.63) is 71.8 Å². The number of benzene rings is 3. The molecule has 0 atom stereocenters. The molecular weight excluding hydrogens is 524 g/mol. The lowest BCUT2D eigenvalue weighted by Crippen LogP contribution is -2.46. The quantitative estimate of drug-likeness (QED) is 0.244. The van der Waals surface area contributed by atoms with Crippen LogP contribution < -0.4 is 10.2 Å². The molecule has 0 bridgehead atoms. The molecule has 2 aliphatic heterocycles. The number of H-pyrrole nitrogens is 2. The van der Waals surface area contributed by atoms with Gasteiger partial charge in [-0.3, -0.25) is 9.89 Å². The van der Waals surface area contributed by atoms with Crippen molar-refractivity contribution in [1.29, 1.82) is 0 Å². The second kappa shape index (κ2) is 10.6. The molecule has 0 aliphatic carbocycles. The number of carbonyl (C=O) groups is 1. The van der Waals surface area contributed by atoms with Crippen LogP contribution in [0.3, 0.4) is 0 Å². The molecule has 8 nitrogen and oxygen atoms in total. The van der Waals surface area contributed by atoms with Crippen LogP contribution in [0.1, 0.15) is 42.5 Å². The summed E-state index contributed by atoms with van der Waals surface area (Å²) in [5, 5.41) is 11.0. The lowest BCUT2D eigenvalue weighted by Gasteiger charge is -2.41. The van der Waals surface area contributed by atoms with Crippen LogP contribution in [0, 0.1) is 11.6 Å². The van der Waals surface area contributed by atoms with E-state index in [1.54, 1.807) is 12.1 Å². The molecule has 0 spiro atoms. The highest BCUT2D eigenvalue weighted by atomic mass is 19.1. The fourth-order valence-electron chi connectivity index (χ4n) is 6.23. The number of fused-ring (bicyclic) bond motifs is 2. The van der Waals surface area contributed by atoms with E-state index in [0.29, 0.717) is 34.8 Å². The highest BCUT2D eigenvalue weighted by Gasteiger charge is 2.26. The average molecular weight is 556 g/mol. The zero-order chi connectivity index (χ0) is 27.9. The van der Waals surface area contributed by atoms with E-state index in [1.165, 1.54) is 50.9 Å². The highest BCUT2D eigenvalue weighted by Crippen LogP contribution is 2.31. The number of hydrogen-bond acceptors (Lipinski definition) is 5. The Hall–Kier alpha value is -4.31. The maximum Gasteiger partial charge on any atom is 0.258 e. The normalized spacial score (nSPS) is 17.0. The van der Waals surface area contributed by atoms with Crippen LogP contribution >= 0.6 is 0 Å². The van der Waals surface area contributed by atoms with Gasteiger partial charge in [0, 0.05) is 42.0 Å². The minimum Gasteiger partial charge on any atom is -0.371 e. The van der Waals surface area contributed by atoms with Gasteiger partial charge in [-0.05, 0) is 87.3 Å². The Morgan fingerprint density at radius 1 is 0.902 bits per heavy atom. The molecule has 2 saturated heterocycles. The monoisotopic (exact) mass is 555 g/mol. The first kappa shape index (κ1) is 25.6. The molecule has 41 heavy (non-hydrogen) atoms. The van der Waals surface area contributed by atoms with Crippen molar-refractivity contribution >= 4 is 39.2 Å². The molecular formula is C31H31F2N7O. The lowest BCUT2D eigenvalue weighted by atomic mass is 9.99. The number of carbonyl (C=O) groups excluding carboxylic acids is 1. The number of imidazole rings is 1. The van der Waals surface area contributed by atoms with Crippen LogP contribution in [0.4, 0.5) is 20.2 Å². The maximum absolute atomic E-state index is 14.0. The highest BCUT2D eigenvalue weighted by molar-refractivity contribution is 6.05.